The lowest BCUT2D eigenvalue weighted by atomic mass is 9.94. The Kier molecular flexibility index (Phi) is 6.28. The molecule has 4 nitrogen and oxygen atoms in total. The maximum absolute atomic E-state index is 12.4. The second kappa shape index (κ2) is 8.85. The molecule has 2 aromatic rings. The molecule has 0 aliphatic heterocycles. The van der Waals surface area contributed by atoms with E-state index in [2.05, 4.69) is 5.32 Å². The number of rotatable bonds is 7. The van der Waals surface area contributed by atoms with Crippen LogP contribution in [0.1, 0.15) is 48.8 Å². The fourth-order valence-corrected chi connectivity index (χ4v) is 3.63. The Bertz CT molecular complexity index is 780. The normalized spacial score (nSPS) is 17.7. The van der Waals surface area contributed by atoms with Crippen LogP contribution in [0.3, 0.4) is 0 Å². The third-order valence-corrected chi connectivity index (χ3v) is 5.44. The van der Waals surface area contributed by atoms with E-state index in [9.17, 15) is 14.7 Å². The van der Waals surface area contributed by atoms with E-state index in [4.69, 9.17) is 0 Å². The third-order valence-electron chi connectivity index (χ3n) is 5.44. The molecule has 2 N–H and O–H groups in total. The van der Waals surface area contributed by atoms with E-state index in [1.54, 1.807) is 12.1 Å². The van der Waals surface area contributed by atoms with Gasteiger partial charge in [-0.3, -0.25) is 9.59 Å². The average molecular weight is 365 g/mol. The molecule has 2 aromatic carbocycles. The maximum Gasteiger partial charge on any atom is 0.227 e. The van der Waals surface area contributed by atoms with Gasteiger partial charge in [-0.15, -0.1) is 0 Å². The Morgan fingerprint density at radius 3 is 2.41 bits per heavy atom. The molecule has 3 rings (SSSR count). The van der Waals surface area contributed by atoms with E-state index in [-0.39, 0.29) is 23.5 Å². The number of carbonyl (C=O) groups is 2. The van der Waals surface area contributed by atoms with Crippen LogP contribution in [0.25, 0.3) is 0 Å². The van der Waals surface area contributed by atoms with Crippen LogP contribution in [0.5, 0.6) is 5.75 Å². The monoisotopic (exact) mass is 365 g/mol. The summed E-state index contributed by atoms with van der Waals surface area (Å²) in [7, 11) is 0. The summed E-state index contributed by atoms with van der Waals surface area (Å²) in [5, 5.41) is 12.3. The number of hydrogen-bond donors (Lipinski definition) is 2. The van der Waals surface area contributed by atoms with E-state index in [1.165, 1.54) is 5.56 Å². The molecule has 0 bridgehead atoms. The van der Waals surface area contributed by atoms with Crippen molar-refractivity contribution < 1.29 is 14.7 Å². The SMILES string of the molecule is C[C@@H](C(=O)NCCc1ccc(O)cc1)c1ccc(C[C@@H]2CCCC2=O)cc1. The minimum atomic E-state index is -0.216. The van der Waals surface area contributed by atoms with Gasteiger partial charge in [-0.05, 0) is 61.4 Å². The van der Waals surface area contributed by atoms with E-state index >= 15 is 0 Å². The van der Waals surface area contributed by atoms with Crippen molar-refractivity contribution in [3.05, 3.63) is 65.2 Å². The number of aromatic hydroxyl groups is 1. The number of nitrogens with one attached hydrogen (secondary N) is 1. The van der Waals surface area contributed by atoms with Crippen molar-refractivity contribution in [1.29, 1.82) is 0 Å². The van der Waals surface area contributed by atoms with Gasteiger partial charge in [-0.2, -0.15) is 0 Å². The van der Waals surface area contributed by atoms with Gasteiger partial charge < -0.3 is 10.4 Å². The lowest BCUT2D eigenvalue weighted by Crippen LogP contribution is -2.29. The molecule has 0 aromatic heterocycles. The molecule has 1 fully saturated rings. The molecule has 0 spiro atoms. The molecular weight excluding hydrogens is 338 g/mol. The molecule has 0 radical (unpaired) electrons. The molecule has 2 atom stereocenters. The number of phenolic OH excluding ortho intramolecular Hbond substituents is 1. The fourth-order valence-electron chi connectivity index (χ4n) is 3.63. The predicted octanol–water partition coefficient (Wildman–Crippen LogP) is 3.77. The molecule has 27 heavy (non-hydrogen) atoms. The molecule has 1 amide bonds. The summed E-state index contributed by atoms with van der Waals surface area (Å²) in [6.45, 7) is 2.47. The zero-order chi connectivity index (χ0) is 19.2. The highest BCUT2D eigenvalue weighted by atomic mass is 16.3. The fraction of sp³-hybridized carbons (Fsp3) is 0.391. The van der Waals surface area contributed by atoms with Crippen LogP contribution >= 0.6 is 0 Å². The lowest BCUT2D eigenvalue weighted by Gasteiger charge is -2.14. The molecular formula is C23H27NO3. The van der Waals surface area contributed by atoms with Gasteiger partial charge in [0.05, 0.1) is 5.92 Å². The zero-order valence-electron chi connectivity index (χ0n) is 15.8. The van der Waals surface area contributed by atoms with Gasteiger partial charge in [0, 0.05) is 18.9 Å². The van der Waals surface area contributed by atoms with E-state index in [0.717, 1.165) is 43.2 Å². The quantitative estimate of drug-likeness (QED) is 0.785. The number of hydrogen-bond acceptors (Lipinski definition) is 3. The minimum Gasteiger partial charge on any atom is -0.508 e. The van der Waals surface area contributed by atoms with Crippen LogP contribution in [0.15, 0.2) is 48.5 Å². The first-order valence-electron chi connectivity index (χ1n) is 9.70. The average Bonchev–Trinajstić information content (AvgIpc) is 3.08. The van der Waals surface area contributed by atoms with Gasteiger partial charge >= 0.3 is 0 Å². The summed E-state index contributed by atoms with van der Waals surface area (Å²) in [6.07, 6.45) is 4.28. The highest BCUT2D eigenvalue weighted by Crippen LogP contribution is 2.26. The molecule has 1 aliphatic rings. The topological polar surface area (TPSA) is 66.4 Å². The molecule has 1 saturated carbocycles. The van der Waals surface area contributed by atoms with Crippen LogP contribution in [0, 0.1) is 5.92 Å². The number of phenols is 1. The van der Waals surface area contributed by atoms with Gasteiger partial charge in [-0.1, -0.05) is 36.4 Å². The summed E-state index contributed by atoms with van der Waals surface area (Å²) in [4.78, 5) is 24.2. The largest absolute Gasteiger partial charge is 0.508 e. The first-order chi connectivity index (χ1) is 13.0. The van der Waals surface area contributed by atoms with Crippen molar-refractivity contribution in [3.63, 3.8) is 0 Å². The standard InChI is InChI=1S/C23H27NO3/c1-16(23(27)24-14-13-17-7-11-21(25)12-8-17)19-9-5-18(6-10-19)15-20-3-2-4-22(20)26/h5-12,16,20,25H,2-4,13-15H2,1H3,(H,24,27)/t16-,20+/m1/s1. The number of amides is 1. The highest BCUT2D eigenvalue weighted by Gasteiger charge is 2.24. The maximum atomic E-state index is 12.4. The van der Waals surface area contributed by atoms with E-state index in [1.807, 2.05) is 43.3 Å². The summed E-state index contributed by atoms with van der Waals surface area (Å²) >= 11 is 0. The molecule has 0 heterocycles. The Morgan fingerprint density at radius 1 is 1.11 bits per heavy atom. The number of carbonyl (C=O) groups excluding carboxylic acids is 2. The van der Waals surface area contributed by atoms with Crippen LogP contribution in [0.4, 0.5) is 0 Å². The van der Waals surface area contributed by atoms with Crippen molar-refractivity contribution in [2.24, 2.45) is 5.92 Å². The molecule has 0 saturated heterocycles. The molecule has 1 aliphatic carbocycles. The Labute approximate surface area is 160 Å². The smallest absolute Gasteiger partial charge is 0.227 e. The van der Waals surface area contributed by atoms with Gasteiger partial charge in [0.25, 0.3) is 0 Å². The van der Waals surface area contributed by atoms with E-state index < -0.39 is 0 Å². The third kappa shape index (κ3) is 5.19. The van der Waals surface area contributed by atoms with Crippen LogP contribution in [-0.2, 0) is 22.4 Å². The van der Waals surface area contributed by atoms with Crippen LogP contribution < -0.4 is 5.32 Å². The Balaban J connectivity index is 1.48. The van der Waals surface area contributed by atoms with Crippen LogP contribution in [0.2, 0.25) is 0 Å². The second-order valence-electron chi connectivity index (χ2n) is 7.43. The number of ketones is 1. The molecule has 0 unspecified atom stereocenters. The highest BCUT2D eigenvalue weighted by molar-refractivity contribution is 5.83. The number of benzene rings is 2. The zero-order valence-corrected chi connectivity index (χ0v) is 15.8. The van der Waals surface area contributed by atoms with Gasteiger partial charge in [0.15, 0.2) is 0 Å². The van der Waals surface area contributed by atoms with Crippen molar-refractivity contribution in [2.75, 3.05) is 6.54 Å². The number of Topliss-reactive ketones (excluding diaryl/α,β-unsaturated/α-hetero) is 1. The van der Waals surface area contributed by atoms with E-state index in [0.29, 0.717) is 12.3 Å². The molecule has 142 valence electrons. The Hall–Kier alpha value is -2.62. The predicted molar refractivity (Wildman–Crippen MR) is 106 cm³/mol. The molecule has 4 heteroatoms. The summed E-state index contributed by atoms with van der Waals surface area (Å²) < 4.78 is 0. The minimum absolute atomic E-state index is 0.00694. The van der Waals surface area contributed by atoms with Crippen molar-refractivity contribution in [2.45, 2.75) is 44.9 Å². The van der Waals surface area contributed by atoms with Gasteiger partial charge in [0.1, 0.15) is 11.5 Å². The summed E-state index contributed by atoms with van der Waals surface area (Å²) in [6, 6.07) is 15.1. The summed E-state index contributed by atoms with van der Waals surface area (Å²) in [5.74, 6) is 0.605. The van der Waals surface area contributed by atoms with Gasteiger partial charge in [-0.25, -0.2) is 0 Å². The first kappa shape index (κ1) is 19.2. The second-order valence-corrected chi connectivity index (χ2v) is 7.43. The first-order valence-corrected chi connectivity index (χ1v) is 9.70. The van der Waals surface area contributed by atoms with Crippen molar-refractivity contribution in [3.8, 4) is 5.75 Å². The lowest BCUT2D eigenvalue weighted by molar-refractivity contribution is -0.122. The van der Waals surface area contributed by atoms with Crippen molar-refractivity contribution in [1.82, 2.24) is 5.32 Å². The van der Waals surface area contributed by atoms with Crippen molar-refractivity contribution >= 4 is 11.7 Å². The van der Waals surface area contributed by atoms with Crippen LogP contribution in [-0.4, -0.2) is 23.3 Å². The summed E-state index contributed by atoms with van der Waals surface area (Å²) in [5.41, 5.74) is 3.23. The van der Waals surface area contributed by atoms with Gasteiger partial charge in [0.2, 0.25) is 5.91 Å². The Morgan fingerprint density at radius 2 is 1.78 bits per heavy atom.